The fourth-order valence-corrected chi connectivity index (χ4v) is 5.44. The predicted octanol–water partition coefficient (Wildman–Crippen LogP) is 6.13. The quantitative estimate of drug-likeness (QED) is 0.334. The average molecular weight is 550 g/mol. The van der Waals surface area contributed by atoms with Crippen molar-refractivity contribution in [2.45, 2.75) is 110 Å². The predicted molar refractivity (Wildman–Crippen MR) is 163 cm³/mol. The smallest absolute Gasteiger partial charge is 0.243 e. The van der Waals surface area contributed by atoms with Gasteiger partial charge in [-0.1, -0.05) is 63.2 Å². The van der Waals surface area contributed by atoms with E-state index in [1.54, 1.807) is 0 Å². The molecule has 0 heterocycles. The minimum absolute atomic E-state index is 0.0632. The molecule has 0 radical (unpaired) electrons. The molecule has 2 atom stereocenters. The molecule has 1 aliphatic rings. The molecule has 0 spiro atoms. The molecule has 3 rings (SSSR count). The minimum atomic E-state index is -0.669. The molecule has 0 saturated heterocycles. The standard InChI is InChI=1S/C34H51N3O3/c1-24(2)21-31(37(7)28-17-13-25(3)14-18-28)33(39)35-30(32(38)36-34(4,5)6)22-26-15-19-29(20-16-26)40-23-27-11-9-8-10-12-27/h8-12,15-16,19-20,24-25,28,30-31H,13-14,17-18,21-23H2,1-7H3,(H,35,39)(H,36,38)/t25?,28?,30-,31-/m0/s1. The van der Waals surface area contributed by atoms with Gasteiger partial charge in [-0.15, -0.1) is 0 Å². The van der Waals surface area contributed by atoms with Gasteiger partial charge in [0.2, 0.25) is 11.8 Å². The average Bonchev–Trinajstić information content (AvgIpc) is 2.90. The first kappa shape index (κ1) is 31.7. The Labute approximate surface area is 242 Å². The van der Waals surface area contributed by atoms with E-state index in [0.717, 1.165) is 42.1 Å². The number of rotatable bonds is 12. The number of benzene rings is 2. The third-order valence-corrected chi connectivity index (χ3v) is 7.79. The van der Waals surface area contributed by atoms with E-state index in [1.807, 2.05) is 75.4 Å². The highest BCUT2D eigenvalue weighted by Gasteiger charge is 2.34. The van der Waals surface area contributed by atoms with Crippen LogP contribution >= 0.6 is 0 Å². The van der Waals surface area contributed by atoms with Crippen molar-refractivity contribution in [2.75, 3.05) is 7.05 Å². The summed E-state index contributed by atoms with van der Waals surface area (Å²) in [4.78, 5) is 29.5. The van der Waals surface area contributed by atoms with Crippen molar-refractivity contribution in [2.24, 2.45) is 11.8 Å². The lowest BCUT2D eigenvalue weighted by molar-refractivity contribution is -0.133. The Morgan fingerprint density at radius 3 is 2.12 bits per heavy atom. The van der Waals surface area contributed by atoms with Crippen molar-refractivity contribution in [3.8, 4) is 5.75 Å². The van der Waals surface area contributed by atoms with Crippen molar-refractivity contribution < 1.29 is 14.3 Å². The van der Waals surface area contributed by atoms with Crippen molar-refractivity contribution in [1.29, 1.82) is 0 Å². The maximum Gasteiger partial charge on any atom is 0.243 e. The van der Waals surface area contributed by atoms with Gasteiger partial charge in [0.05, 0.1) is 6.04 Å². The number of amides is 2. The number of hydrogen-bond donors (Lipinski definition) is 2. The molecule has 0 aromatic heterocycles. The molecule has 2 aromatic rings. The van der Waals surface area contributed by atoms with Crippen LogP contribution in [0, 0.1) is 11.8 Å². The number of nitrogens with zero attached hydrogens (tertiary/aromatic N) is 1. The van der Waals surface area contributed by atoms with Gasteiger partial charge in [-0.25, -0.2) is 0 Å². The highest BCUT2D eigenvalue weighted by molar-refractivity contribution is 5.90. The van der Waals surface area contributed by atoms with Crippen molar-refractivity contribution >= 4 is 11.8 Å². The molecular weight excluding hydrogens is 498 g/mol. The second-order valence-electron chi connectivity index (χ2n) is 13.1. The zero-order valence-electron chi connectivity index (χ0n) is 25.7. The maximum atomic E-state index is 13.8. The second-order valence-corrected chi connectivity index (χ2v) is 13.1. The molecule has 2 N–H and O–H groups in total. The van der Waals surface area contributed by atoms with Crippen LogP contribution in [0.4, 0.5) is 0 Å². The third kappa shape index (κ3) is 10.3. The van der Waals surface area contributed by atoms with E-state index in [4.69, 9.17) is 4.74 Å². The summed E-state index contributed by atoms with van der Waals surface area (Å²) in [6.45, 7) is 13.0. The summed E-state index contributed by atoms with van der Waals surface area (Å²) in [6.07, 6.45) is 5.80. The minimum Gasteiger partial charge on any atom is -0.489 e. The zero-order valence-corrected chi connectivity index (χ0v) is 25.7. The number of carbonyl (C=O) groups excluding carboxylic acids is 2. The van der Waals surface area contributed by atoms with E-state index in [0.29, 0.717) is 25.0 Å². The molecule has 0 aliphatic heterocycles. The fourth-order valence-electron chi connectivity index (χ4n) is 5.44. The molecule has 0 bridgehead atoms. The molecule has 6 nitrogen and oxygen atoms in total. The van der Waals surface area contributed by atoms with Crippen LogP contribution in [0.5, 0.6) is 5.75 Å². The molecule has 0 unspecified atom stereocenters. The van der Waals surface area contributed by atoms with Gasteiger partial charge in [0, 0.05) is 18.0 Å². The van der Waals surface area contributed by atoms with Gasteiger partial charge in [0.1, 0.15) is 18.4 Å². The van der Waals surface area contributed by atoms with Crippen LogP contribution in [0.15, 0.2) is 54.6 Å². The summed E-state index contributed by atoms with van der Waals surface area (Å²) in [6, 6.07) is 17.3. The van der Waals surface area contributed by atoms with E-state index in [1.165, 1.54) is 12.8 Å². The Bertz CT molecular complexity index is 1050. The molecule has 1 saturated carbocycles. The monoisotopic (exact) mass is 549 g/mol. The van der Waals surface area contributed by atoms with Gasteiger partial charge >= 0.3 is 0 Å². The summed E-state index contributed by atoms with van der Waals surface area (Å²) >= 11 is 0. The first-order valence-corrected chi connectivity index (χ1v) is 15.0. The van der Waals surface area contributed by atoms with Gasteiger partial charge in [-0.3, -0.25) is 14.5 Å². The van der Waals surface area contributed by atoms with Gasteiger partial charge in [-0.05, 0) is 95.0 Å². The summed E-state index contributed by atoms with van der Waals surface area (Å²) in [5, 5.41) is 6.24. The van der Waals surface area contributed by atoms with Crippen LogP contribution in [0.1, 0.15) is 84.8 Å². The Kier molecular flexibility index (Phi) is 11.6. The highest BCUT2D eigenvalue weighted by atomic mass is 16.5. The molecule has 6 heteroatoms. The van der Waals surface area contributed by atoms with E-state index in [2.05, 4.69) is 43.4 Å². The van der Waals surface area contributed by atoms with Gasteiger partial charge in [0.25, 0.3) is 0 Å². The highest BCUT2D eigenvalue weighted by Crippen LogP contribution is 2.29. The lowest BCUT2D eigenvalue weighted by Crippen LogP contribution is -2.57. The van der Waals surface area contributed by atoms with Crippen LogP contribution in [-0.2, 0) is 22.6 Å². The topological polar surface area (TPSA) is 70.7 Å². The number of hydrogen-bond acceptors (Lipinski definition) is 4. The van der Waals surface area contributed by atoms with E-state index in [9.17, 15) is 9.59 Å². The van der Waals surface area contributed by atoms with Crippen LogP contribution in [0.2, 0.25) is 0 Å². The van der Waals surface area contributed by atoms with Crippen LogP contribution in [0.25, 0.3) is 0 Å². The van der Waals surface area contributed by atoms with Gasteiger partial charge in [-0.2, -0.15) is 0 Å². The SMILES string of the molecule is CC(C)C[C@@H](C(=O)N[C@@H](Cc1ccc(OCc2ccccc2)cc1)C(=O)NC(C)(C)C)N(C)C1CCC(C)CC1. The first-order valence-electron chi connectivity index (χ1n) is 15.0. The third-order valence-electron chi connectivity index (χ3n) is 7.79. The summed E-state index contributed by atoms with van der Waals surface area (Å²) < 4.78 is 5.93. The Balaban J connectivity index is 1.72. The lowest BCUT2D eigenvalue weighted by atomic mass is 9.85. The van der Waals surface area contributed by atoms with E-state index >= 15 is 0 Å². The maximum absolute atomic E-state index is 13.8. The zero-order chi connectivity index (χ0) is 29.3. The number of nitrogens with one attached hydrogen (secondary N) is 2. The molecule has 40 heavy (non-hydrogen) atoms. The summed E-state index contributed by atoms with van der Waals surface area (Å²) in [5.74, 6) is 1.66. The number of carbonyl (C=O) groups is 2. The van der Waals surface area contributed by atoms with Crippen molar-refractivity contribution in [3.05, 3.63) is 65.7 Å². The van der Waals surface area contributed by atoms with E-state index in [-0.39, 0.29) is 17.9 Å². The number of ether oxygens (including phenoxy) is 1. The Morgan fingerprint density at radius 2 is 1.55 bits per heavy atom. The lowest BCUT2D eigenvalue weighted by Gasteiger charge is -2.39. The number of likely N-dealkylation sites (N-methyl/N-ethyl adjacent to an activating group) is 1. The summed E-state index contributed by atoms with van der Waals surface area (Å²) in [5.41, 5.74) is 1.68. The fraction of sp³-hybridized carbons (Fsp3) is 0.588. The molecule has 2 amide bonds. The molecule has 1 fully saturated rings. The van der Waals surface area contributed by atoms with E-state index < -0.39 is 11.6 Å². The van der Waals surface area contributed by atoms with Crippen LogP contribution < -0.4 is 15.4 Å². The first-order chi connectivity index (χ1) is 18.9. The normalized spacial score (nSPS) is 19.2. The van der Waals surface area contributed by atoms with Crippen molar-refractivity contribution in [1.82, 2.24) is 15.5 Å². The Morgan fingerprint density at radius 1 is 0.925 bits per heavy atom. The second kappa shape index (κ2) is 14.7. The van der Waals surface area contributed by atoms with Crippen LogP contribution in [-0.4, -0.2) is 47.4 Å². The largest absolute Gasteiger partial charge is 0.489 e. The molecular formula is C34H51N3O3. The van der Waals surface area contributed by atoms with Crippen LogP contribution in [0.3, 0.4) is 0 Å². The van der Waals surface area contributed by atoms with Gasteiger partial charge < -0.3 is 15.4 Å². The van der Waals surface area contributed by atoms with Gasteiger partial charge in [0.15, 0.2) is 0 Å². The Hall–Kier alpha value is -2.86. The molecule has 1 aliphatic carbocycles. The summed E-state index contributed by atoms with van der Waals surface area (Å²) in [7, 11) is 2.09. The molecule has 220 valence electrons. The molecule has 2 aromatic carbocycles. The van der Waals surface area contributed by atoms with Crippen molar-refractivity contribution in [3.63, 3.8) is 0 Å².